The standard InChI is InChI=1S/C19H17BrClFN2O4/c1-28-19(27)17(11-2-4-12(20)5-3-11)24-16(25)8-9-23-18(26)14-7-6-13(22)10-15(14)21/h2-7,10,17H,8-9H2,1H3,(H,23,26)(H,24,25). The zero-order valence-corrected chi connectivity index (χ0v) is 17.1. The lowest BCUT2D eigenvalue weighted by molar-refractivity contribution is -0.145. The van der Waals surface area contributed by atoms with Gasteiger partial charge in [-0.1, -0.05) is 39.7 Å². The molecule has 2 rings (SSSR count). The zero-order valence-electron chi connectivity index (χ0n) is 14.8. The van der Waals surface area contributed by atoms with E-state index < -0.39 is 29.6 Å². The van der Waals surface area contributed by atoms with Crippen molar-refractivity contribution < 1.29 is 23.5 Å². The van der Waals surface area contributed by atoms with Crippen LogP contribution in [0.3, 0.4) is 0 Å². The number of carbonyl (C=O) groups is 3. The number of methoxy groups -OCH3 is 1. The molecule has 0 aliphatic heterocycles. The largest absolute Gasteiger partial charge is 0.467 e. The van der Waals surface area contributed by atoms with E-state index in [9.17, 15) is 18.8 Å². The fraction of sp³-hybridized carbons (Fsp3) is 0.211. The second kappa shape index (κ2) is 10.2. The van der Waals surface area contributed by atoms with E-state index in [1.807, 2.05) is 0 Å². The van der Waals surface area contributed by atoms with Crippen molar-refractivity contribution in [3.63, 3.8) is 0 Å². The second-order valence-electron chi connectivity index (χ2n) is 5.71. The molecule has 0 bridgehead atoms. The van der Waals surface area contributed by atoms with Gasteiger partial charge in [0.1, 0.15) is 5.82 Å². The van der Waals surface area contributed by atoms with Crippen LogP contribution in [0, 0.1) is 5.82 Å². The topological polar surface area (TPSA) is 84.5 Å². The Balaban J connectivity index is 1.93. The molecule has 2 aromatic carbocycles. The number of ether oxygens (including phenoxy) is 1. The summed E-state index contributed by atoms with van der Waals surface area (Å²) in [5, 5.41) is 5.08. The summed E-state index contributed by atoms with van der Waals surface area (Å²) in [7, 11) is 1.23. The zero-order chi connectivity index (χ0) is 20.7. The van der Waals surface area contributed by atoms with Gasteiger partial charge in [0.2, 0.25) is 5.91 Å². The van der Waals surface area contributed by atoms with Crippen LogP contribution in [-0.4, -0.2) is 31.4 Å². The number of rotatable bonds is 7. The normalized spacial score (nSPS) is 11.4. The minimum atomic E-state index is -0.965. The molecule has 2 amide bonds. The lowest BCUT2D eigenvalue weighted by Crippen LogP contribution is -2.36. The molecular weight excluding hydrogens is 455 g/mol. The monoisotopic (exact) mass is 470 g/mol. The Bertz CT molecular complexity index is 877. The summed E-state index contributed by atoms with van der Waals surface area (Å²) >= 11 is 9.13. The number of carbonyl (C=O) groups excluding carboxylic acids is 3. The molecule has 0 aliphatic carbocycles. The van der Waals surface area contributed by atoms with Crippen molar-refractivity contribution in [2.75, 3.05) is 13.7 Å². The van der Waals surface area contributed by atoms with Gasteiger partial charge in [0.15, 0.2) is 6.04 Å². The minimum absolute atomic E-state index is 0.00655. The summed E-state index contributed by atoms with van der Waals surface area (Å²) < 4.78 is 18.6. The third-order valence-corrected chi connectivity index (χ3v) is 4.60. The highest BCUT2D eigenvalue weighted by Gasteiger charge is 2.23. The molecule has 0 spiro atoms. The van der Waals surface area contributed by atoms with Gasteiger partial charge >= 0.3 is 5.97 Å². The highest BCUT2D eigenvalue weighted by atomic mass is 79.9. The SMILES string of the molecule is COC(=O)C(NC(=O)CCNC(=O)c1ccc(F)cc1Cl)c1ccc(Br)cc1. The smallest absolute Gasteiger partial charge is 0.333 e. The van der Waals surface area contributed by atoms with Gasteiger partial charge in [0.25, 0.3) is 5.91 Å². The molecule has 0 radical (unpaired) electrons. The highest BCUT2D eigenvalue weighted by Crippen LogP contribution is 2.19. The molecular formula is C19H17BrClFN2O4. The van der Waals surface area contributed by atoms with Gasteiger partial charge in [-0.15, -0.1) is 0 Å². The Hall–Kier alpha value is -2.45. The van der Waals surface area contributed by atoms with Crippen LogP contribution in [0.25, 0.3) is 0 Å². The van der Waals surface area contributed by atoms with E-state index in [4.69, 9.17) is 16.3 Å². The van der Waals surface area contributed by atoms with Gasteiger partial charge in [-0.05, 0) is 35.9 Å². The summed E-state index contributed by atoms with van der Waals surface area (Å²) in [4.78, 5) is 36.2. The fourth-order valence-corrected chi connectivity index (χ4v) is 2.86. The third kappa shape index (κ3) is 6.03. The van der Waals surface area contributed by atoms with Crippen molar-refractivity contribution in [3.05, 3.63) is 68.9 Å². The van der Waals surface area contributed by atoms with Crippen molar-refractivity contribution in [2.45, 2.75) is 12.5 Å². The van der Waals surface area contributed by atoms with Gasteiger partial charge in [0, 0.05) is 17.4 Å². The maximum atomic E-state index is 13.0. The first-order chi connectivity index (χ1) is 13.3. The molecule has 0 heterocycles. The van der Waals surface area contributed by atoms with Gasteiger partial charge in [0.05, 0.1) is 17.7 Å². The molecule has 0 saturated carbocycles. The van der Waals surface area contributed by atoms with Crippen LogP contribution < -0.4 is 10.6 Å². The summed E-state index contributed by atoms with van der Waals surface area (Å²) in [5.41, 5.74) is 0.663. The van der Waals surface area contributed by atoms with Crippen LogP contribution in [0.5, 0.6) is 0 Å². The predicted molar refractivity (Wildman–Crippen MR) is 105 cm³/mol. The lowest BCUT2D eigenvalue weighted by atomic mass is 10.1. The quantitative estimate of drug-likeness (QED) is 0.606. The number of esters is 1. The van der Waals surface area contributed by atoms with Gasteiger partial charge in [-0.25, -0.2) is 9.18 Å². The average molecular weight is 472 g/mol. The number of amides is 2. The Labute approximate surface area is 174 Å². The second-order valence-corrected chi connectivity index (χ2v) is 7.03. The van der Waals surface area contributed by atoms with Crippen LogP contribution >= 0.6 is 27.5 Å². The number of benzene rings is 2. The minimum Gasteiger partial charge on any atom is -0.467 e. The number of hydrogen-bond donors (Lipinski definition) is 2. The lowest BCUT2D eigenvalue weighted by Gasteiger charge is -2.17. The average Bonchev–Trinajstić information content (AvgIpc) is 2.66. The molecule has 0 fully saturated rings. The Morgan fingerprint density at radius 1 is 1.18 bits per heavy atom. The molecule has 2 aromatic rings. The van der Waals surface area contributed by atoms with Gasteiger partial charge in [-0.2, -0.15) is 0 Å². The third-order valence-electron chi connectivity index (χ3n) is 3.76. The molecule has 0 aromatic heterocycles. The Morgan fingerprint density at radius 3 is 2.46 bits per heavy atom. The van der Waals surface area contributed by atoms with Crippen LogP contribution in [0.2, 0.25) is 5.02 Å². The fourth-order valence-electron chi connectivity index (χ4n) is 2.34. The predicted octanol–water partition coefficient (Wildman–Crippen LogP) is 3.39. The molecule has 0 aliphatic rings. The molecule has 1 atom stereocenters. The summed E-state index contributed by atoms with van der Waals surface area (Å²) in [6, 6.07) is 9.29. The number of nitrogens with one attached hydrogen (secondary N) is 2. The van der Waals surface area contributed by atoms with E-state index in [0.29, 0.717) is 5.56 Å². The van der Waals surface area contributed by atoms with Crippen molar-refractivity contribution in [1.29, 1.82) is 0 Å². The molecule has 2 N–H and O–H groups in total. The van der Waals surface area contributed by atoms with Crippen LogP contribution in [0.4, 0.5) is 4.39 Å². The number of halogens is 3. The Kier molecular flexibility index (Phi) is 7.95. The van der Waals surface area contributed by atoms with Crippen molar-refractivity contribution in [1.82, 2.24) is 10.6 Å². The number of hydrogen-bond acceptors (Lipinski definition) is 4. The van der Waals surface area contributed by atoms with E-state index in [0.717, 1.165) is 16.6 Å². The van der Waals surface area contributed by atoms with E-state index in [1.165, 1.54) is 13.2 Å². The molecule has 0 saturated heterocycles. The maximum absolute atomic E-state index is 13.0. The van der Waals surface area contributed by atoms with Crippen LogP contribution in [0.15, 0.2) is 46.9 Å². The molecule has 1 unspecified atom stereocenters. The summed E-state index contributed by atoms with van der Waals surface area (Å²) in [5.74, 6) is -2.15. The van der Waals surface area contributed by atoms with E-state index in [2.05, 4.69) is 26.6 Å². The van der Waals surface area contributed by atoms with E-state index in [1.54, 1.807) is 24.3 Å². The van der Waals surface area contributed by atoms with Crippen LogP contribution in [-0.2, 0) is 14.3 Å². The highest BCUT2D eigenvalue weighted by molar-refractivity contribution is 9.10. The molecule has 148 valence electrons. The summed E-state index contributed by atoms with van der Waals surface area (Å²) in [6.07, 6.45) is -0.0748. The van der Waals surface area contributed by atoms with Crippen molar-refractivity contribution in [3.8, 4) is 0 Å². The van der Waals surface area contributed by atoms with Gasteiger partial charge in [-0.3, -0.25) is 9.59 Å². The first kappa shape index (κ1) is 21.8. The summed E-state index contributed by atoms with van der Waals surface area (Å²) in [6.45, 7) is 0.00655. The maximum Gasteiger partial charge on any atom is 0.333 e. The van der Waals surface area contributed by atoms with Crippen LogP contribution in [0.1, 0.15) is 28.4 Å². The van der Waals surface area contributed by atoms with Crippen molar-refractivity contribution >= 4 is 45.3 Å². The van der Waals surface area contributed by atoms with Gasteiger partial charge < -0.3 is 15.4 Å². The first-order valence-electron chi connectivity index (χ1n) is 8.17. The Morgan fingerprint density at radius 2 is 1.86 bits per heavy atom. The van der Waals surface area contributed by atoms with Crippen molar-refractivity contribution in [2.24, 2.45) is 0 Å². The molecule has 28 heavy (non-hydrogen) atoms. The van der Waals surface area contributed by atoms with E-state index in [-0.39, 0.29) is 23.6 Å². The molecule has 6 nitrogen and oxygen atoms in total. The molecule has 9 heteroatoms. The van der Waals surface area contributed by atoms with E-state index >= 15 is 0 Å². The first-order valence-corrected chi connectivity index (χ1v) is 9.35.